The lowest BCUT2D eigenvalue weighted by molar-refractivity contribution is -0.122. The number of amides is 1. The van der Waals surface area contributed by atoms with Crippen molar-refractivity contribution in [2.24, 2.45) is 0 Å². The number of fused-ring (bicyclic) bond motifs is 2. The Balaban J connectivity index is 1.45. The molecular formula is C16H21N5O2. The number of pyridine rings is 1. The molecule has 0 aliphatic carbocycles. The summed E-state index contributed by atoms with van der Waals surface area (Å²) in [6, 6.07) is 6.02. The van der Waals surface area contributed by atoms with E-state index >= 15 is 0 Å². The van der Waals surface area contributed by atoms with Crippen molar-refractivity contribution in [3.63, 3.8) is 0 Å². The molecule has 4 rings (SSSR count). The Morgan fingerprint density at radius 2 is 2.17 bits per heavy atom. The van der Waals surface area contributed by atoms with Gasteiger partial charge in [0.05, 0.1) is 0 Å². The summed E-state index contributed by atoms with van der Waals surface area (Å²) in [7, 11) is 0. The topological polar surface area (TPSA) is 71.6 Å². The van der Waals surface area contributed by atoms with Crippen molar-refractivity contribution in [2.75, 3.05) is 13.1 Å². The van der Waals surface area contributed by atoms with Crippen LogP contribution in [0.5, 0.6) is 0 Å². The third-order valence-electron chi connectivity index (χ3n) is 4.98. The maximum atomic E-state index is 12.3. The maximum Gasteiger partial charge on any atom is 0.350 e. The van der Waals surface area contributed by atoms with Gasteiger partial charge in [-0.15, -0.1) is 5.10 Å². The lowest BCUT2D eigenvalue weighted by Gasteiger charge is -2.32. The van der Waals surface area contributed by atoms with E-state index in [2.05, 4.69) is 15.3 Å². The van der Waals surface area contributed by atoms with Crippen LogP contribution in [0.3, 0.4) is 0 Å². The van der Waals surface area contributed by atoms with Crippen LogP contribution in [0.4, 0.5) is 0 Å². The second-order valence-electron chi connectivity index (χ2n) is 6.43. The highest BCUT2D eigenvalue weighted by Crippen LogP contribution is 2.27. The van der Waals surface area contributed by atoms with Gasteiger partial charge >= 0.3 is 5.69 Å². The van der Waals surface area contributed by atoms with E-state index in [1.165, 1.54) is 21.9 Å². The first-order chi connectivity index (χ1) is 11.2. The standard InChI is InChI=1S/C16H21N5O2/c22-15(17-12-7-10-19-8-3-1-5-13(12)19)11-21-16(23)20-9-4-2-6-14(20)18-21/h2,4,6,9,12-13H,1,3,5,7-8,10-11H2,(H,17,22)/t12-,13+/m0/s1. The number of carbonyl (C=O) groups is 1. The number of carbonyl (C=O) groups excluding carboxylic acids is 1. The molecule has 2 aromatic rings. The fourth-order valence-electron chi connectivity index (χ4n) is 3.88. The molecule has 2 aromatic heterocycles. The van der Waals surface area contributed by atoms with E-state index in [4.69, 9.17) is 0 Å². The summed E-state index contributed by atoms with van der Waals surface area (Å²) < 4.78 is 2.68. The van der Waals surface area contributed by atoms with Crippen molar-refractivity contribution in [2.45, 2.75) is 44.3 Å². The zero-order valence-electron chi connectivity index (χ0n) is 13.0. The minimum absolute atomic E-state index is 0.0241. The fourth-order valence-corrected chi connectivity index (χ4v) is 3.88. The molecule has 23 heavy (non-hydrogen) atoms. The molecule has 2 aliphatic rings. The van der Waals surface area contributed by atoms with Crippen LogP contribution < -0.4 is 11.0 Å². The summed E-state index contributed by atoms with van der Waals surface area (Å²) in [6.45, 7) is 2.18. The monoisotopic (exact) mass is 315 g/mol. The van der Waals surface area contributed by atoms with Gasteiger partial charge < -0.3 is 5.32 Å². The molecule has 0 aromatic carbocycles. The zero-order valence-corrected chi connectivity index (χ0v) is 13.0. The van der Waals surface area contributed by atoms with Crippen molar-refractivity contribution in [3.8, 4) is 0 Å². The van der Waals surface area contributed by atoms with Crippen molar-refractivity contribution in [1.82, 2.24) is 24.4 Å². The molecule has 2 aliphatic heterocycles. The minimum atomic E-state index is -0.276. The fraction of sp³-hybridized carbons (Fsp3) is 0.562. The van der Waals surface area contributed by atoms with E-state index in [1.54, 1.807) is 18.3 Å². The Hall–Kier alpha value is -2.15. The molecule has 0 spiro atoms. The number of nitrogens with one attached hydrogen (secondary N) is 1. The molecule has 0 unspecified atom stereocenters. The number of piperidine rings is 1. The second kappa shape index (κ2) is 5.81. The predicted molar refractivity (Wildman–Crippen MR) is 85.2 cm³/mol. The summed E-state index contributed by atoms with van der Waals surface area (Å²) in [5, 5.41) is 7.31. The quantitative estimate of drug-likeness (QED) is 0.881. The Morgan fingerprint density at radius 1 is 1.26 bits per heavy atom. The molecule has 2 fully saturated rings. The van der Waals surface area contributed by atoms with Gasteiger partial charge in [-0.2, -0.15) is 0 Å². The Kier molecular flexibility index (Phi) is 3.65. The molecular weight excluding hydrogens is 294 g/mol. The van der Waals surface area contributed by atoms with E-state index in [0.717, 1.165) is 25.9 Å². The highest BCUT2D eigenvalue weighted by molar-refractivity contribution is 5.76. The predicted octanol–water partition coefficient (Wildman–Crippen LogP) is 0.239. The second-order valence-corrected chi connectivity index (χ2v) is 6.43. The van der Waals surface area contributed by atoms with Gasteiger partial charge in [0, 0.05) is 24.8 Å². The molecule has 0 radical (unpaired) electrons. The lowest BCUT2D eigenvalue weighted by atomic mass is 9.99. The smallest absolute Gasteiger partial charge is 0.350 e. The van der Waals surface area contributed by atoms with Crippen LogP contribution in [-0.2, 0) is 11.3 Å². The molecule has 122 valence electrons. The van der Waals surface area contributed by atoms with Crippen molar-refractivity contribution in [3.05, 3.63) is 34.9 Å². The first-order valence-electron chi connectivity index (χ1n) is 8.30. The maximum absolute atomic E-state index is 12.3. The van der Waals surface area contributed by atoms with Crippen LogP contribution in [-0.4, -0.2) is 50.2 Å². The number of aromatic nitrogens is 3. The number of nitrogens with zero attached hydrogens (tertiary/aromatic N) is 4. The molecule has 1 amide bonds. The normalized spacial score (nSPS) is 24.7. The van der Waals surface area contributed by atoms with Gasteiger partial charge in [0.2, 0.25) is 5.91 Å². The van der Waals surface area contributed by atoms with E-state index in [9.17, 15) is 9.59 Å². The number of hydrogen-bond donors (Lipinski definition) is 1. The number of hydrogen-bond acceptors (Lipinski definition) is 4. The molecule has 7 heteroatoms. The first-order valence-corrected chi connectivity index (χ1v) is 8.30. The van der Waals surface area contributed by atoms with Crippen molar-refractivity contribution in [1.29, 1.82) is 0 Å². The van der Waals surface area contributed by atoms with Gasteiger partial charge in [-0.05, 0) is 37.9 Å². The molecule has 2 saturated heterocycles. The highest BCUT2D eigenvalue weighted by atomic mass is 16.2. The number of rotatable bonds is 3. The molecule has 0 saturated carbocycles. The van der Waals surface area contributed by atoms with Crippen LogP contribution >= 0.6 is 0 Å². The minimum Gasteiger partial charge on any atom is -0.350 e. The third-order valence-corrected chi connectivity index (χ3v) is 4.98. The van der Waals surface area contributed by atoms with Gasteiger partial charge in [0.25, 0.3) is 0 Å². The molecule has 0 bridgehead atoms. The van der Waals surface area contributed by atoms with Crippen LogP contribution in [0.15, 0.2) is 29.2 Å². The van der Waals surface area contributed by atoms with Crippen molar-refractivity contribution < 1.29 is 4.79 Å². The van der Waals surface area contributed by atoms with Crippen LogP contribution in [0.2, 0.25) is 0 Å². The summed E-state index contributed by atoms with van der Waals surface area (Å²) in [5.41, 5.74) is 0.283. The zero-order chi connectivity index (χ0) is 15.8. The van der Waals surface area contributed by atoms with Gasteiger partial charge in [-0.1, -0.05) is 12.5 Å². The van der Waals surface area contributed by atoms with E-state index in [1.807, 2.05) is 6.07 Å². The Bertz CT molecular complexity index is 780. The summed E-state index contributed by atoms with van der Waals surface area (Å²) in [5.74, 6) is -0.132. The first kappa shape index (κ1) is 14.4. The average Bonchev–Trinajstić information content (AvgIpc) is 3.10. The molecule has 4 heterocycles. The largest absolute Gasteiger partial charge is 0.350 e. The third kappa shape index (κ3) is 2.65. The highest BCUT2D eigenvalue weighted by Gasteiger charge is 2.36. The average molecular weight is 315 g/mol. The van der Waals surface area contributed by atoms with Gasteiger partial charge in [-0.25, -0.2) is 9.48 Å². The summed E-state index contributed by atoms with van der Waals surface area (Å²) in [4.78, 5) is 27.0. The van der Waals surface area contributed by atoms with Gasteiger partial charge in [0.1, 0.15) is 6.54 Å². The lowest BCUT2D eigenvalue weighted by Crippen LogP contribution is -2.48. The van der Waals surface area contributed by atoms with Crippen LogP contribution in [0, 0.1) is 0 Å². The van der Waals surface area contributed by atoms with E-state index < -0.39 is 0 Å². The van der Waals surface area contributed by atoms with Gasteiger partial charge in [-0.3, -0.25) is 14.1 Å². The van der Waals surface area contributed by atoms with E-state index in [-0.39, 0.29) is 24.2 Å². The summed E-state index contributed by atoms with van der Waals surface area (Å²) >= 11 is 0. The summed E-state index contributed by atoms with van der Waals surface area (Å²) in [6.07, 6.45) is 6.30. The molecule has 7 nitrogen and oxygen atoms in total. The van der Waals surface area contributed by atoms with E-state index in [0.29, 0.717) is 11.7 Å². The Labute approximate surface area is 133 Å². The van der Waals surface area contributed by atoms with Crippen molar-refractivity contribution >= 4 is 11.6 Å². The van der Waals surface area contributed by atoms with Gasteiger partial charge in [0.15, 0.2) is 5.65 Å². The molecule has 1 N–H and O–H groups in total. The van der Waals surface area contributed by atoms with Crippen LogP contribution in [0.25, 0.3) is 5.65 Å². The van der Waals surface area contributed by atoms with Crippen LogP contribution in [0.1, 0.15) is 25.7 Å². The molecule has 2 atom stereocenters. The SMILES string of the molecule is O=C(Cn1nc2ccccn2c1=O)N[C@H]1CCN2CCCC[C@H]12. The Morgan fingerprint density at radius 3 is 3.04 bits per heavy atom.